The fourth-order valence-corrected chi connectivity index (χ4v) is 5.61. The summed E-state index contributed by atoms with van der Waals surface area (Å²) < 4.78 is 31.2. The van der Waals surface area contributed by atoms with Crippen molar-refractivity contribution in [1.82, 2.24) is 5.32 Å². The molecule has 0 radical (unpaired) electrons. The number of carbonyl (C=O) groups excluding carboxylic acids is 1. The number of nitro benzene ring substituents is 1. The Morgan fingerprint density at radius 1 is 1.09 bits per heavy atom. The fourth-order valence-electron chi connectivity index (χ4n) is 3.65. The number of hydrogen-bond donors (Lipinski definition) is 1. The lowest BCUT2D eigenvalue weighted by Crippen LogP contribution is -2.29. The molecule has 1 heterocycles. The number of nitrogens with zero attached hydrogens (tertiary/aromatic N) is 1. The fraction of sp³-hybridized carbons (Fsp3) is 0.400. The molecule has 1 aliphatic rings. The summed E-state index contributed by atoms with van der Waals surface area (Å²) in [6.07, 6.45) is 3.54. The molecule has 1 aromatic rings. The molecule has 10 heteroatoms. The molecule has 1 atom stereocenters. The second-order valence-corrected chi connectivity index (χ2v) is 10.6. The van der Waals surface area contributed by atoms with Crippen molar-refractivity contribution in [2.24, 2.45) is 0 Å². The van der Waals surface area contributed by atoms with Gasteiger partial charge in [0, 0.05) is 23.5 Å². The van der Waals surface area contributed by atoms with E-state index >= 15 is 0 Å². The Labute approximate surface area is 206 Å². The summed E-state index contributed by atoms with van der Waals surface area (Å²) in [4.78, 5) is 23.9. The lowest BCUT2D eigenvalue weighted by molar-refractivity contribution is -0.384. The molecule has 0 fully saturated rings. The minimum Gasteiger partial charge on any atom is -0.466 e. The maximum absolute atomic E-state index is 14.4. The Morgan fingerprint density at radius 3 is 2.14 bits per heavy atom. The third kappa shape index (κ3) is 7.01. The average molecular weight is 505 g/mol. The number of rotatable bonds is 10. The van der Waals surface area contributed by atoms with Gasteiger partial charge in [0.25, 0.3) is 5.69 Å². The third-order valence-electron chi connectivity index (χ3n) is 5.31. The Kier molecular flexibility index (Phi) is 9.77. The second kappa shape index (κ2) is 12.1. The van der Waals surface area contributed by atoms with E-state index in [1.807, 2.05) is 27.7 Å². The highest BCUT2D eigenvalue weighted by molar-refractivity contribution is 7.58. The highest BCUT2D eigenvalue weighted by Gasteiger charge is 2.45. The van der Waals surface area contributed by atoms with Crippen molar-refractivity contribution in [3.8, 4) is 0 Å². The van der Waals surface area contributed by atoms with Gasteiger partial charge in [0.2, 0.25) is 0 Å². The van der Waals surface area contributed by atoms with Crippen LogP contribution in [0, 0.1) is 10.1 Å². The van der Waals surface area contributed by atoms with Crippen LogP contribution in [0.2, 0.25) is 0 Å². The van der Waals surface area contributed by atoms with E-state index in [-0.39, 0.29) is 29.8 Å². The maximum atomic E-state index is 14.4. The molecule has 0 spiro atoms. The first-order valence-electron chi connectivity index (χ1n) is 11.1. The van der Waals surface area contributed by atoms with Crippen LogP contribution in [0.1, 0.15) is 53.0 Å². The van der Waals surface area contributed by atoms with Crippen LogP contribution in [-0.4, -0.2) is 31.2 Å². The number of benzene rings is 1. The van der Waals surface area contributed by atoms with Crippen molar-refractivity contribution in [3.05, 3.63) is 85.5 Å². The SMILES string of the molecule is COC(=O)C1=C(C)NC(C)=C(P(=O)(OCC=C(C)C)OCC=C(C)C)C1c1cccc([N+](=O)[O-])c1. The second-order valence-electron chi connectivity index (χ2n) is 8.60. The molecular weight excluding hydrogens is 471 g/mol. The van der Waals surface area contributed by atoms with E-state index in [9.17, 15) is 19.5 Å². The topological polar surface area (TPSA) is 117 Å². The largest absolute Gasteiger partial charge is 0.466 e. The number of methoxy groups -OCH3 is 1. The van der Waals surface area contributed by atoms with Crippen LogP contribution in [0.25, 0.3) is 0 Å². The van der Waals surface area contributed by atoms with E-state index in [0.29, 0.717) is 17.0 Å². The van der Waals surface area contributed by atoms with Crippen molar-refractivity contribution in [2.45, 2.75) is 47.5 Å². The van der Waals surface area contributed by atoms with Gasteiger partial charge in [-0.15, -0.1) is 0 Å². The molecule has 2 rings (SSSR count). The standard InChI is InChI=1S/C25H33N2O7P/c1-16(2)11-13-33-35(31,34-14-12-17(3)4)24-19(6)26-18(5)22(25(28)32-7)23(24)20-9-8-10-21(15-20)27(29)30/h8-12,15,23,26H,13-14H2,1-7H3. The number of nitro groups is 1. The Morgan fingerprint density at radius 2 is 1.66 bits per heavy atom. The molecule has 35 heavy (non-hydrogen) atoms. The van der Waals surface area contributed by atoms with Crippen molar-refractivity contribution < 1.29 is 28.1 Å². The Bertz CT molecular complexity index is 1130. The van der Waals surface area contributed by atoms with Gasteiger partial charge in [0.15, 0.2) is 0 Å². The number of esters is 1. The lowest BCUT2D eigenvalue weighted by Gasteiger charge is -2.34. The first-order chi connectivity index (χ1) is 16.4. The zero-order chi connectivity index (χ0) is 26.3. The van der Waals surface area contributed by atoms with Gasteiger partial charge in [-0.05, 0) is 47.1 Å². The van der Waals surface area contributed by atoms with Gasteiger partial charge in [0.1, 0.15) is 0 Å². The monoisotopic (exact) mass is 504 g/mol. The predicted octanol–water partition coefficient (Wildman–Crippen LogP) is 6.12. The van der Waals surface area contributed by atoms with Gasteiger partial charge in [-0.1, -0.05) is 35.4 Å². The van der Waals surface area contributed by atoms with Crippen LogP contribution in [0.5, 0.6) is 0 Å². The van der Waals surface area contributed by atoms with Gasteiger partial charge < -0.3 is 19.1 Å². The van der Waals surface area contributed by atoms with Crippen molar-refractivity contribution in [3.63, 3.8) is 0 Å². The minimum absolute atomic E-state index is 0.0170. The highest BCUT2D eigenvalue weighted by Crippen LogP contribution is 2.64. The van der Waals surface area contributed by atoms with Crippen LogP contribution in [0.4, 0.5) is 5.69 Å². The van der Waals surface area contributed by atoms with Crippen LogP contribution in [0.15, 0.2) is 69.8 Å². The van der Waals surface area contributed by atoms with Gasteiger partial charge in [-0.3, -0.25) is 14.7 Å². The number of allylic oxidation sites excluding steroid dienone is 5. The van der Waals surface area contributed by atoms with Crippen molar-refractivity contribution in [1.29, 1.82) is 0 Å². The van der Waals surface area contributed by atoms with Crippen molar-refractivity contribution >= 4 is 19.3 Å². The molecule has 9 nitrogen and oxygen atoms in total. The summed E-state index contributed by atoms with van der Waals surface area (Å²) in [6.45, 7) is 11.0. The molecule has 1 aliphatic heterocycles. The molecular formula is C25H33N2O7P. The summed E-state index contributed by atoms with van der Waals surface area (Å²) in [7, 11) is -2.78. The number of hydrogen-bond acceptors (Lipinski definition) is 8. The zero-order valence-corrected chi connectivity index (χ0v) is 22.1. The third-order valence-corrected chi connectivity index (χ3v) is 7.47. The quantitative estimate of drug-likeness (QED) is 0.133. The van der Waals surface area contributed by atoms with E-state index < -0.39 is 24.4 Å². The number of non-ortho nitro benzene ring substituents is 1. The zero-order valence-electron chi connectivity index (χ0n) is 21.2. The summed E-state index contributed by atoms with van der Waals surface area (Å²) in [5.74, 6) is -1.61. The lowest BCUT2D eigenvalue weighted by atomic mass is 9.86. The Balaban J connectivity index is 2.77. The molecule has 0 aliphatic carbocycles. The molecule has 0 bridgehead atoms. The molecule has 190 valence electrons. The van der Waals surface area contributed by atoms with Gasteiger partial charge >= 0.3 is 13.6 Å². The summed E-state index contributed by atoms with van der Waals surface area (Å²) in [5, 5.41) is 14.8. The summed E-state index contributed by atoms with van der Waals surface area (Å²) in [6, 6.07) is 5.87. The van der Waals surface area contributed by atoms with E-state index in [0.717, 1.165) is 11.1 Å². The van der Waals surface area contributed by atoms with E-state index in [1.165, 1.54) is 25.3 Å². The first-order valence-corrected chi connectivity index (χ1v) is 12.6. The predicted molar refractivity (Wildman–Crippen MR) is 135 cm³/mol. The molecule has 1 aromatic carbocycles. The van der Waals surface area contributed by atoms with Gasteiger partial charge in [-0.2, -0.15) is 0 Å². The highest BCUT2D eigenvalue weighted by atomic mass is 31.2. The van der Waals surface area contributed by atoms with Gasteiger partial charge in [-0.25, -0.2) is 4.79 Å². The first kappa shape index (κ1) is 28.2. The normalized spacial score (nSPS) is 15.9. The van der Waals surface area contributed by atoms with Crippen LogP contribution in [-0.2, 0) is 23.1 Å². The van der Waals surface area contributed by atoms with E-state index in [2.05, 4.69) is 5.32 Å². The molecule has 0 aromatic heterocycles. The number of carbonyl (C=O) groups is 1. The number of dihydropyridines is 1. The molecule has 0 amide bonds. The summed E-state index contributed by atoms with van der Waals surface area (Å²) >= 11 is 0. The number of nitrogens with one attached hydrogen (secondary N) is 1. The van der Waals surface area contributed by atoms with E-state index in [1.54, 1.807) is 32.1 Å². The average Bonchev–Trinajstić information content (AvgIpc) is 2.77. The van der Waals surface area contributed by atoms with Crippen molar-refractivity contribution in [2.75, 3.05) is 20.3 Å². The molecule has 1 N–H and O–H groups in total. The van der Waals surface area contributed by atoms with Gasteiger partial charge in [0.05, 0.1) is 42.1 Å². The summed E-state index contributed by atoms with van der Waals surface area (Å²) in [5.41, 5.74) is 3.30. The number of ether oxygens (including phenoxy) is 1. The van der Waals surface area contributed by atoms with Crippen LogP contribution >= 0.6 is 7.60 Å². The maximum Gasteiger partial charge on any atom is 0.360 e. The molecule has 0 saturated carbocycles. The van der Waals surface area contributed by atoms with Crippen LogP contribution < -0.4 is 5.32 Å². The molecule has 0 saturated heterocycles. The van der Waals surface area contributed by atoms with E-state index in [4.69, 9.17) is 13.8 Å². The molecule has 1 unspecified atom stereocenters. The smallest absolute Gasteiger partial charge is 0.360 e. The van der Waals surface area contributed by atoms with Crippen LogP contribution in [0.3, 0.4) is 0 Å². The minimum atomic E-state index is -4.02. The Hall–Kier alpha value is -3.00.